The van der Waals surface area contributed by atoms with E-state index in [0.717, 1.165) is 0 Å². The van der Waals surface area contributed by atoms with Crippen molar-refractivity contribution >= 4 is 28.2 Å². The third-order valence-corrected chi connectivity index (χ3v) is 3.13. The van der Waals surface area contributed by atoms with Crippen LogP contribution in [0.4, 0.5) is 5.69 Å². The summed E-state index contributed by atoms with van der Waals surface area (Å²) in [5.74, 6) is -1.20. The number of anilines is 1. The average Bonchev–Trinajstić information content (AvgIpc) is 2.30. The van der Waals surface area contributed by atoms with Gasteiger partial charge in [-0.25, -0.2) is 0 Å². The van der Waals surface area contributed by atoms with Crippen LogP contribution in [0.2, 0.25) is 0 Å². The van der Waals surface area contributed by atoms with Crippen molar-refractivity contribution in [2.24, 2.45) is 0 Å². The molecule has 0 aromatic heterocycles. The first-order chi connectivity index (χ1) is 7.63. The fourth-order valence-electron chi connectivity index (χ4n) is 1.04. The lowest BCUT2D eigenvalue weighted by molar-refractivity contribution is -0.133. The minimum atomic E-state index is -1.25. The maximum absolute atomic E-state index is 11.4. The van der Waals surface area contributed by atoms with E-state index >= 15 is 0 Å². The monoisotopic (exact) mass is 239 g/mol. The number of amides is 1. The van der Waals surface area contributed by atoms with Gasteiger partial charge in [-0.3, -0.25) is 13.8 Å². The van der Waals surface area contributed by atoms with Crippen LogP contribution in [0.5, 0.6) is 0 Å². The summed E-state index contributed by atoms with van der Waals surface area (Å²) in [6.45, 7) is 1.71. The van der Waals surface area contributed by atoms with Crippen LogP contribution >= 0.6 is 0 Å². The van der Waals surface area contributed by atoms with Gasteiger partial charge in [-0.2, -0.15) is 0 Å². The maximum Gasteiger partial charge on any atom is 0.292 e. The molecule has 0 radical (unpaired) electrons. The van der Waals surface area contributed by atoms with Crippen molar-refractivity contribution in [2.75, 3.05) is 16.8 Å². The molecule has 16 heavy (non-hydrogen) atoms. The standard InChI is InChI=1S/C11H13NO3S/c1-2-16(15)8-10(13)11(14)12-9-6-4-3-5-7-9/h3-7H,2,8H2,1H3,(H,12,14). The van der Waals surface area contributed by atoms with Gasteiger partial charge in [0.2, 0.25) is 5.78 Å². The molecular weight excluding hydrogens is 226 g/mol. The zero-order chi connectivity index (χ0) is 12.0. The number of hydrogen-bond donors (Lipinski definition) is 1. The predicted octanol–water partition coefficient (Wildman–Crippen LogP) is 0.963. The van der Waals surface area contributed by atoms with Crippen molar-refractivity contribution in [3.63, 3.8) is 0 Å². The Bertz CT molecular complexity index is 403. The van der Waals surface area contributed by atoms with Gasteiger partial charge in [0.25, 0.3) is 5.91 Å². The number of hydrogen-bond acceptors (Lipinski definition) is 3. The molecule has 0 saturated heterocycles. The fraction of sp³-hybridized carbons (Fsp3) is 0.273. The minimum Gasteiger partial charge on any atom is -0.319 e. The molecule has 1 N–H and O–H groups in total. The average molecular weight is 239 g/mol. The summed E-state index contributed by atoms with van der Waals surface area (Å²) in [6.07, 6.45) is 0. The predicted molar refractivity (Wildman–Crippen MR) is 63.6 cm³/mol. The van der Waals surface area contributed by atoms with Gasteiger partial charge in [0.1, 0.15) is 0 Å². The van der Waals surface area contributed by atoms with Crippen LogP contribution in [0.25, 0.3) is 0 Å². The summed E-state index contributed by atoms with van der Waals surface area (Å²) in [5, 5.41) is 2.45. The number of Topliss-reactive ketones (excluding diaryl/α,β-unsaturated/α-hetero) is 1. The van der Waals surface area contributed by atoms with E-state index < -0.39 is 22.5 Å². The Morgan fingerprint density at radius 3 is 2.44 bits per heavy atom. The summed E-state index contributed by atoms with van der Waals surface area (Å²) < 4.78 is 11.1. The van der Waals surface area contributed by atoms with Crippen LogP contribution in [-0.4, -0.2) is 27.4 Å². The van der Waals surface area contributed by atoms with Gasteiger partial charge >= 0.3 is 0 Å². The smallest absolute Gasteiger partial charge is 0.292 e. The summed E-state index contributed by atoms with van der Waals surface area (Å²) in [7, 11) is -1.25. The molecule has 0 saturated carbocycles. The largest absolute Gasteiger partial charge is 0.319 e. The Morgan fingerprint density at radius 1 is 1.25 bits per heavy atom. The maximum atomic E-state index is 11.4. The van der Waals surface area contributed by atoms with Crippen molar-refractivity contribution in [1.29, 1.82) is 0 Å². The van der Waals surface area contributed by atoms with Crippen molar-refractivity contribution in [3.05, 3.63) is 30.3 Å². The number of carbonyl (C=O) groups excluding carboxylic acids is 2. The lowest BCUT2D eigenvalue weighted by Gasteiger charge is -2.03. The van der Waals surface area contributed by atoms with Crippen molar-refractivity contribution < 1.29 is 13.8 Å². The first-order valence-electron chi connectivity index (χ1n) is 4.87. The molecule has 1 rings (SSSR count). The van der Waals surface area contributed by atoms with Crippen LogP contribution in [0.1, 0.15) is 6.92 Å². The molecule has 4 nitrogen and oxygen atoms in total. The van der Waals surface area contributed by atoms with Gasteiger partial charge < -0.3 is 5.32 Å². The summed E-state index contributed by atoms with van der Waals surface area (Å²) in [5.41, 5.74) is 0.558. The van der Waals surface area contributed by atoms with E-state index in [4.69, 9.17) is 0 Å². The second-order valence-corrected chi connectivity index (χ2v) is 4.86. The summed E-state index contributed by atoms with van der Waals surface area (Å²) in [6, 6.07) is 8.68. The van der Waals surface area contributed by atoms with Crippen LogP contribution in [0.15, 0.2) is 30.3 Å². The van der Waals surface area contributed by atoms with Gasteiger partial charge in [-0.05, 0) is 12.1 Å². The molecule has 1 atom stereocenters. The Labute approximate surface area is 96.5 Å². The van der Waals surface area contributed by atoms with Crippen LogP contribution in [0, 0.1) is 0 Å². The number of carbonyl (C=O) groups is 2. The highest BCUT2D eigenvalue weighted by atomic mass is 32.2. The topological polar surface area (TPSA) is 63.2 Å². The van der Waals surface area contributed by atoms with Gasteiger partial charge in [-0.15, -0.1) is 0 Å². The van der Waals surface area contributed by atoms with Gasteiger partial charge in [0.15, 0.2) is 0 Å². The first-order valence-corrected chi connectivity index (χ1v) is 6.36. The highest BCUT2D eigenvalue weighted by Crippen LogP contribution is 2.04. The molecule has 0 aliphatic rings. The van der Waals surface area contributed by atoms with Crippen molar-refractivity contribution in [3.8, 4) is 0 Å². The third kappa shape index (κ3) is 3.94. The molecular formula is C11H13NO3S. The van der Waals surface area contributed by atoms with Crippen LogP contribution in [-0.2, 0) is 20.4 Å². The van der Waals surface area contributed by atoms with E-state index in [1.807, 2.05) is 6.07 Å². The van der Waals surface area contributed by atoms with Crippen LogP contribution in [0.3, 0.4) is 0 Å². The molecule has 5 heteroatoms. The first kappa shape index (κ1) is 12.6. The SMILES string of the molecule is CCS(=O)CC(=O)C(=O)Nc1ccccc1. The number of rotatable bonds is 5. The molecule has 1 unspecified atom stereocenters. The van der Waals surface area contributed by atoms with E-state index in [9.17, 15) is 13.8 Å². The molecule has 0 bridgehead atoms. The van der Waals surface area contributed by atoms with Crippen molar-refractivity contribution in [1.82, 2.24) is 0 Å². The number of para-hydroxylation sites is 1. The number of nitrogens with one attached hydrogen (secondary N) is 1. The summed E-state index contributed by atoms with van der Waals surface area (Å²) in [4.78, 5) is 22.7. The third-order valence-electron chi connectivity index (χ3n) is 1.90. The second-order valence-electron chi connectivity index (χ2n) is 3.12. The number of benzene rings is 1. The van der Waals surface area contributed by atoms with E-state index in [0.29, 0.717) is 11.4 Å². The Balaban J connectivity index is 2.53. The zero-order valence-corrected chi connectivity index (χ0v) is 9.75. The molecule has 86 valence electrons. The minimum absolute atomic E-state index is 0.213. The van der Waals surface area contributed by atoms with E-state index in [1.54, 1.807) is 31.2 Å². The van der Waals surface area contributed by atoms with E-state index in [1.165, 1.54) is 0 Å². The normalized spacial score (nSPS) is 11.8. The Kier molecular flexibility index (Phi) is 4.85. The summed E-state index contributed by atoms with van der Waals surface area (Å²) >= 11 is 0. The van der Waals surface area contributed by atoms with E-state index in [-0.39, 0.29) is 5.75 Å². The molecule has 0 heterocycles. The van der Waals surface area contributed by atoms with Crippen molar-refractivity contribution in [2.45, 2.75) is 6.92 Å². The lowest BCUT2D eigenvalue weighted by atomic mass is 10.3. The molecule has 0 fully saturated rings. The molecule has 0 aliphatic heterocycles. The lowest BCUT2D eigenvalue weighted by Crippen LogP contribution is -2.27. The fourth-order valence-corrected chi connectivity index (χ4v) is 1.66. The molecule has 1 aromatic rings. The Hall–Kier alpha value is -1.49. The highest BCUT2D eigenvalue weighted by Gasteiger charge is 2.15. The van der Waals surface area contributed by atoms with Gasteiger partial charge in [0.05, 0.1) is 5.75 Å². The van der Waals surface area contributed by atoms with Crippen LogP contribution < -0.4 is 5.32 Å². The molecule has 0 aliphatic carbocycles. The molecule has 1 amide bonds. The highest BCUT2D eigenvalue weighted by molar-refractivity contribution is 7.85. The second kappa shape index (κ2) is 6.17. The van der Waals surface area contributed by atoms with E-state index in [2.05, 4.69) is 5.32 Å². The van der Waals surface area contributed by atoms with Gasteiger partial charge in [0, 0.05) is 22.2 Å². The quantitative estimate of drug-likeness (QED) is 0.778. The number of ketones is 1. The van der Waals surface area contributed by atoms with Gasteiger partial charge in [-0.1, -0.05) is 25.1 Å². The molecule has 0 spiro atoms. The molecule has 1 aromatic carbocycles. The Morgan fingerprint density at radius 2 is 1.88 bits per heavy atom. The zero-order valence-electron chi connectivity index (χ0n) is 8.93.